The molecule has 3 rings (SSSR count). The van der Waals surface area contributed by atoms with Gasteiger partial charge in [0.2, 0.25) is 0 Å². The van der Waals surface area contributed by atoms with E-state index >= 15 is 0 Å². The second kappa shape index (κ2) is 8.52. The maximum atomic E-state index is 12.9. The van der Waals surface area contributed by atoms with Gasteiger partial charge in [0.25, 0.3) is 5.91 Å². The summed E-state index contributed by atoms with van der Waals surface area (Å²) in [5, 5.41) is 0.197. The van der Waals surface area contributed by atoms with E-state index in [1.807, 2.05) is 30.3 Å². The van der Waals surface area contributed by atoms with E-state index in [0.717, 1.165) is 23.3 Å². The number of halogens is 1. The quantitative estimate of drug-likeness (QED) is 0.726. The molecule has 2 aromatic carbocycles. The van der Waals surface area contributed by atoms with Crippen LogP contribution in [0.25, 0.3) is 0 Å². The zero-order chi connectivity index (χ0) is 20.3. The Kier molecular flexibility index (Phi) is 6.09. The monoisotopic (exact) mass is 402 g/mol. The van der Waals surface area contributed by atoms with E-state index in [1.54, 1.807) is 11.9 Å². The Balaban J connectivity index is 1.81. The molecule has 0 aliphatic heterocycles. The molecule has 148 valence electrons. The lowest BCUT2D eigenvalue weighted by atomic mass is 10.1. The topological polar surface area (TPSA) is 59.1 Å². The first kappa shape index (κ1) is 20.0. The fourth-order valence-electron chi connectivity index (χ4n) is 2.83. The van der Waals surface area contributed by atoms with Crippen LogP contribution in [0.15, 0.2) is 42.5 Å². The SMILES string of the molecule is COc1cc(Cl)c(C(=O)N(C)C(=O)N(C)C2CC2)cc1OCc1ccccc1. The number of imide groups is 1. The van der Waals surface area contributed by atoms with Crippen molar-refractivity contribution in [2.45, 2.75) is 25.5 Å². The summed E-state index contributed by atoms with van der Waals surface area (Å²) in [6, 6.07) is 12.5. The second-order valence-electron chi connectivity index (χ2n) is 6.75. The average molecular weight is 403 g/mol. The molecule has 28 heavy (non-hydrogen) atoms. The van der Waals surface area contributed by atoms with Crippen molar-refractivity contribution in [1.82, 2.24) is 9.80 Å². The molecule has 0 aromatic heterocycles. The molecule has 0 heterocycles. The molecule has 0 saturated heterocycles. The fourth-order valence-corrected chi connectivity index (χ4v) is 3.06. The molecule has 0 atom stereocenters. The summed E-state index contributed by atoms with van der Waals surface area (Å²) >= 11 is 6.29. The van der Waals surface area contributed by atoms with Crippen LogP contribution in [0.1, 0.15) is 28.8 Å². The number of amides is 3. The van der Waals surface area contributed by atoms with E-state index in [-0.39, 0.29) is 22.7 Å². The molecular formula is C21H23ClN2O4. The molecule has 0 unspecified atom stereocenters. The molecule has 1 fully saturated rings. The van der Waals surface area contributed by atoms with Crippen LogP contribution in [0.2, 0.25) is 5.02 Å². The third kappa shape index (κ3) is 4.39. The Morgan fingerprint density at radius 2 is 1.79 bits per heavy atom. The van der Waals surface area contributed by atoms with E-state index in [1.165, 1.54) is 26.3 Å². The van der Waals surface area contributed by atoms with Crippen molar-refractivity contribution in [2.75, 3.05) is 21.2 Å². The van der Waals surface area contributed by atoms with Crippen LogP contribution in [0.5, 0.6) is 11.5 Å². The third-order valence-electron chi connectivity index (χ3n) is 4.71. The van der Waals surface area contributed by atoms with E-state index in [9.17, 15) is 9.59 Å². The highest BCUT2D eigenvalue weighted by atomic mass is 35.5. The number of ether oxygens (including phenoxy) is 2. The first-order valence-electron chi connectivity index (χ1n) is 9.01. The van der Waals surface area contributed by atoms with Crippen molar-refractivity contribution in [1.29, 1.82) is 0 Å². The number of urea groups is 1. The fraction of sp³-hybridized carbons (Fsp3) is 0.333. The summed E-state index contributed by atoms with van der Waals surface area (Å²) in [6.45, 7) is 0.311. The number of carbonyl (C=O) groups is 2. The van der Waals surface area contributed by atoms with E-state index < -0.39 is 5.91 Å². The van der Waals surface area contributed by atoms with Crippen LogP contribution in [0.3, 0.4) is 0 Å². The molecule has 6 nitrogen and oxygen atoms in total. The van der Waals surface area contributed by atoms with Gasteiger partial charge in [0.05, 0.1) is 17.7 Å². The Morgan fingerprint density at radius 1 is 1.11 bits per heavy atom. The summed E-state index contributed by atoms with van der Waals surface area (Å²) in [6.07, 6.45) is 1.93. The van der Waals surface area contributed by atoms with Gasteiger partial charge < -0.3 is 14.4 Å². The van der Waals surface area contributed by atoms with Crippen LogP contribution < -0.4 is 9.47 Å². The van der Waals surface area contributed by atoms with Gasteiger partial charge in [-0.15, -0.1) is 0 Å². The van der Waals surface area contributed by atoms with Gasteiger partial charge in [0.15, 0.2) is 11.5 Å². The molecule has 7 heteroatoms. The lowest BCUT2D eigenvalue weighted by Gasteiger charge is -2.24. The summed E-state index contributed by atoms with van der Waals surface area (Å²) < 4.78 is 11.2. The van der Waals surface area contributed by atoms with Crippen LogP contribution in [-0.4, -0.2) is 49.0 Å². The lowest BCUT2D eigenvalue weighted by Crippen LogP contribution is -2.43. The number of methoxy groups -OCH3 is 1. The molecule has 0 bridgehead atoms. The van der Waals surface area contributed by atoms with Crippen molar-refractivity contribution in [3.05, 3.63) is 58.6 Å². The van der Waals surface area contributed by atoms with Crippen LogP contribution >= 0.6 is 11.6 Å². The number of benzene rings is 2. The van der Waals surface area contributed by atoms with Gasteiger partial charge >= 0.3 is 6.03 Å². The smallest absolute Gasteiger partial charge is 0.326 e. The van der Waals surface area contributed by atoms with Crippen molar-refractivity contribution in [2.24, 2.45) is 0 Å². The highest BCUT2D eigenvalue weighted by molar-refractivity contribution is 6.34. The van der Waals surface area contributed by atoms with Gasteiger partial charge in [-0.2, -0.15) is 0 Å². The zero-order valence-electron chi connectivity index (χ0n) is 16.1. The van der Waals surface area contributed by atoms with E-state index in [4.69, 9.17) is 21.1 Å². The maximum absolute atomic E-state index is 12.9. The van der Waals surface area contributed by atoms with E-state index in [0.29, 0.717) is 18.1 Å². The Hall–Kier alpha value is -2.73. The molecule has 2 aromatic rings. The minimum absolute atomic E-state index is 0.186. The van der Waals surface area contributed by atoms with Crippen LogP contribution in [0.4, 0.5) is 4.79 Å². The number of hydrogen-bond donors (Lipinski definition) is 0. The summed E-state index contributed by atoms with van der Waals surface area (Å²) in [5.41, 5.74) is 1.16. The Bertz CT molecular complexity index is 868. The van der Waals surface area contributed by atoms with Gasteiger partial charge in [0.1, 0.15) is 6.61 Å². The van der Waals surface area contributed by atoms with Gasteiger partial charge in [-0.1, -0.05) is 41.9 Å². The number of carbonyl (C=O) groups excluding carboxylic acids is 2. The lowest BCUT2D eigenvalue weighted by molar-refractivity contribution is 0.0801. The summed E-state index contributed by atoms with van der Waals surface area (Å²) in [5.74, 6) is 0.312. The van der Waals surface area contributed by atoms with E-state index in [2.05, 4.69) is 0 Å². The molecule has 1 aliphatic carbocycles. The first-order chi connectivity index (χ1) is 13.4. The summed E-state index contributed by atoms with van der Waals surface area (Å²) in [7, 11) is 4.66. The predicted octanol–water partition coefficient (Wildman–Crippen LogP) is 4.21. The van der Waals surface area contributed by atoms with Crippen molar-refractivity contribution < 1.29 is 19.1 Å². The molecule has 1 saturated carbocycles. The maximum Gasteiger partial charge on any atom is 0.326 e. The minimum Gasteiger partial charge on any atom is -0.493 e. The molecule has 0 spiro atoms. The van der Waals surface area contributed by atoms with Gasteiger partial charge in [-0.3, -0.25) is 9.69 Å². The highest BCUT2D eigenvalue weighted by Gasteiger charge is 2.33. The molecule has 0 N–H and O–H groups in total. The highest BCUT2D eigenvalue weighted by Crippen LogP contribution is 2.35. The third-order valence-corrected chi connectivity index (χ3v) is 5.02. The number of hydrogen-bond acceptors (Lipinski definition) is 4. The molecule has 1 aliphatic rings. The van der Waals surface area contributed by atoms with Crippen LogP contribution in [-0.2, 0) is 6.61 Å². The Labute approximate surface area is 169 Å². The van der Waals surface area contributed by atoms with Crippen molar-refractivity contribution in [3.63, 3.8) is 0 Å². The number of nitrogens with zero attached hydrogens (tertiary/aromatic N) is 2. The normalized spacial score (nSPS) is 13.0. The molecule has 3 amide bonds. The Morgan fingerprint density at radius 3 is 2.39 bits per heavy atom. The number of rotatable bonds is 6. The van der Waals surface area contributed by atoms with Crippen molar-refractivity contribution in [3.8, 4) is 11.5 Å². The van der Waals surface area contributed by atoms with Gasteiger partial charge in [0, 0.05) is 26.2 Å². The molecular weight excluding hydrogens is 380 g/mol. The standard InChI is InChI=1S/C21H23ClN2O4/c1-23(15-9-10-15)21(26)24(2)20(25)16-11-19(18(27-3)12-17(16)22)28-13-14-7-5-4-6-8-14/h4-8,11-12,15H,9-10,13H2,1-3H3. The summed E-state index contributed by atoms with van der Waals surface area (Å²) in [4.78, 5) is 28.0. The van der Waals surface area contributed by atoms with Gasteiger partial charge in [-0.05, 0) is 24.5 Å². The minimum atomic E-state index is -0.491. The first-order valence-corrected chi connectivity index (χ1v) is 9.39. The predicted molar refractivity (Wildman–Crippen MR) is 107 cm³/mol. The molecule has 0 radical (unpaired) electrons. The largest absolute Gasteiger partial charge is 0.493 e. The van der Waals surface area contributed by atoms with Crippen LogP contribution in [0, 0.1) is 0 Å². The average Bonchev–Trinajstić information content (AvgIpc) is 3.56. The van der Waals surface area contributed by atoms with Gasteiger partial charge in [-0.25, -0.2) is 4.79 Å². The zero-order valence-corrected chi connectivity index (χ0v) is 16.9. The second-order valence-corrected chi connectivity index (χ2v) is 7.15. The van der Waals surface area contributed by atoms with Crippen molar-refractivity contribution >= 4 is 23.5 Å².